The number of halogens is 1. The second kappa shape index (κ2) is 11.6. The number of benzene rings is 2. The fraction of sp³-hybridized carbons (Fsp3) is 0.138. The normalized spacial score (nSPS) is 14.7. The van der Waals surface area contributed by atoms with E-state index < -0.39 is 0 Å². The van der Waals surface area contributed by atoms with E-state index in [0.29, 0.717) is 0 Å². The third-order valence-corrected chi connectivity index (χ3v) is 5.59. The molecule has 3 aromatic rings. The summed E-state index contributed by atoms with van der Waals surface area (Å²) in [6.45, 7) is 6.30. The van der Waals surface area contributed by atoms with Crippen LogP contribution in [0.3, 0.4) is 0 Å². The Morgan fingerprint density at radius 1 is 0.844 bits per heavy atom. The Morgan fingerprint density at radius 2 is 1.59 bits per heavy atom. The quantitative estimate of drug-likeness (QED) is 0.267. The number of allylic oxidation sites excluding steroid dienone is 8. The van der Waals surface area contributed by atoms with Crippen molar-refractivity contribution >= 4 is 28.2 Å². The Balaban J connectivity index is 0.00000289. The molecule has 0 N–H and O–H groups in total. The summed E-state index contributed by atoms with van der Waals surface area (Å²) in [5, 5.41) is 1.28. The van der Waals surface area contributed by atoms with Gasteiger partial charge >= 0.3 is 0 Å². The third kappa shape index (κ3) is 5.28. The molecule has 0 fully saturated rings. The minimum Gasteiger partial charge on any atom is -1.00 e. The number of pyridine rings is 1. The van der Waals surface area contributed by atoms with E-state index in [1.165, 1.54) is 33.3 Å². The summed E-state index contributed by atoms with van der Waals surface area (Å²) in [4.78, 5) is 2.27. The molecule has 0 amide bonds. The van der Waals surface area contributed by atoms with Crippen molar-refractivity contribution in [1.29, 1.82) is 0 Å². The molecule has 32 heavy (non-hydrogen) atoms. The Morgan fingerprint density at radius 3 is 2.44 bits per heavy atom. The van der Waals surface area contributed by atoms with Gasteiger partial charge in [0, 0.05) is 36.1 Å². The van der Waals surface area contributed by atoms with E-state index in [1.54, 1.807) is 0 Å². The molecule has 2 heterocycles. The van der Waals surface area contributed by atoms with Gasteiger partial charge in [0.2, 0.25) is 5.52 Å². The van der Waals surface area contributed by atoms with Crippen LogP contribution in [-0.2, 0) is 6.54 Å². The van der Waals surface area contributed by atoms with E-state index in [9.17, 15) is 0 Å². The Kier molecular flexibility index (Phi) is 8.63. The van der Waals surface area contributed by atoms with Crippen LogP contribution in [0.15, 0.2) is 110 Å². The van der Waals surface area contributed by atoms with Gasteiger partial charge < -0.3 is 28.9 Å². The maximum absolute atomic E-state index is 2.27. The van der Waals surface area contributed by atoms with Crippen molar-refractivity contribution in [2.24, 2.45) is 0 Å². The van der Waals surface area contributed by atoms with Gasteiger partial charge in [0.1, 0.15) is 6.54 Å². The summed E-state index contributed by atoms with van der Waals surface area (Å²) in [6.07, 6.45) is 21.3. The summed E-state index contributed by atoms with van der Waals surface area (Å²) in [6, 6.07) is 19.3. The van der Waals surface area contributed by atoms with Crippen LogP contribution in [0, 0.1) is 0 Å². The van der Waals surface area contributed by atoms with Crippen LogP contribution in [-0.4, -0.2) is 6.54 Å². The first-order chi connectivity index (χ1) is 15.3. The number of anilines is 1. The van der Waals surface area contributed by atoms with Crippen molar-refractivity contribution in [3.05, 3.63) is 121 Å². The number of hydrogen-bond donors (Lipinski definition) is 0. The third-order valence-electron chi connectivity index (χ3n) is 5.59. The highest BCUT2D eigenvalue weighted by Gasteiger charge is 2.13. The van der Waals surface area contributed by atoms with Crippen molar-refractivity contribution in [3.63, 3.8) is 0 Å². The second-order valence-electron chi connectivity index (χ2n) is 7.44. The fourth-order valence-corrected chi connectivity index (χ4v) is 3.97. The zero-order valence-corrected chi connectivity index (χ0v) is 20.8. The zero-order chi connectivity index (χ0) is 21.5. The fourth-order valence-electron chi connectivity index (χ4n) is 3.97. The van der Waals surface area contributed by atoms with Crippen LogP contribution in [0.25, 0.3) is 22.6 Å². The van der Waals surface area contributed by atoms with Crippen LogP contribution < -0.4 is 33.4 Å². The first-order valence-corrected chi connectivity index (χ1v) is 11.0. The number of hydrogen-bond acceptors (Lipinski definition) is 1. The lowest BCUT2D eigenvalue weighted by molar-refractivity contribution is -0.667. The number of aryl methyl sites for hydroxylation is 1. The Bertz CT molecular complexity index is 1210. The maximum Gasteiger partial charge on any atom is 0.213 e. The van der Waals surface area contributed by atoms with Crippen LogP contribution in [0.5, 0.6) is 0 Å². The summed E-state index contributed by atoms with van der Waals surface area (Å²) in [5.74, 6) is 0. The lowest BCUT2D eigenvalue weighted by Gasteiger charge is -2.26. The van der Waals surface area contributed by atoms with E-state index in [4.69, 9.17) is 0 Å². The number of aromatic nitrogens is 1. The first-order valence-electron chi connectivity index (χ1n) is 11.0. The predicted octanol–water partition coefficient (Wildman–Crippen LogP) is 3.71. The van der Waals surface area contributed by atoms with Gasteiger partial charge in [-0.3, -0.25) is 0 Å². The van der Waals surface area contributed by atoms with Gasteiger partial charge in [0.05, 0.1) is 5.39 Å². The number of para-hydroxylation sites is 2. The molecule has 162 valence electrons. The van der Waals surface area contributed by atoms with E-state index in [1.807, 2.05) is 0 Å². The van der Waals surface area contributed by atoms with Gasteiger partial charge in [-0.1, -0.05) is 72.9 Å². The molecule has 2 nitrogen and oxygen atoms in total. The molecule has 0 saturated carbocycles. The van der Waals surface area contributed by atoms with Gasteiger partial charge in [-0.25, -0.2) is 0 Å². The smallest absolute Gasteiger partial charge is 0.213 e. The molecule has 0 saturated heterocycles. The summed E-state index contributed by atoms with van der Waals surface area (Å²) in [7, 11) is 0. The van der Waals surface area contributed by atoms with Crippen molar-refractivity contribution < 1.29 is 28.5 Å². The monoisotopic (exact) mass is 532 g/mol. The van der Waals surface area contributed by atoms with Gasteiger partial charge in [0.15, 0.2) is 6.20 Å². The molecule has 4 rings (SSSR count). The average molecular weight is 532 g/mol. The van der Waals surface area contributed by atoms with E-state index in [-0.39, 0.29) is 24.0 Å². The molecule has 2 aromatic carbocycles. The largest absolute Gasteiger partial charge is 1.00 e. The molecular formula is C29H29IN2. The predicted molar refractivity (Wildman–Crippen MR) is 134 cm³/mol. The van der Waals surface area contributed by atoms with Crippen molar-refractivity contribution in [3.8, 4) is 0 Å². The zero-order valence-electron chi connectivity index (χ0n) is 18.7. The van der Waals surface area contributed by atoms with Crippen molar-refractivity contribution in [1.82, 2.24) is 0 Å². The van der Waals surface area contributed by atoms with Crippen LogP contribution >= 0.6 is 0 Å². The first kappa shape index (κ1) is 23.7. The van der Waals surface area contributed by atoms with E-state index in [0.717, 1.165) is 13.1 Å². The topological polar surface area (TPSA) is 7.12 Å². The highest BCUT2D eigenvalue weighted by atomic mass is 127. The molecule has 1 aromatic heterocycles. The van der Waals surface area contributed by atoms with Gasteiger partial charge in [-0.2, -0.15) is 4.57 Å². The summed E-state index contributed by atoms with van der Waals surface area (Å²) in [5.41, 5.74) is 6.29. The standard InChI is InChI=1S/C29H29N2.HI/c1-3-30-22-20-24(26-16-10-12-18-28(26)30)14-8-6-5-7-9-15-25-21-23-31(4-2)29-19-13-11-17-27(25)29;/h5-23H,3-4H2,1-2H3;1H/q+1;/p-1. The maximum atomic E-state index is 2.27. The lowest BCUT2D eigenvalue weighted by Crippen LogP contribution is -3.00. The number of fused-ring (bicyclic) bond motifs is 2. The molecule has 0 unspecified atom stereocenters. The second-order valence-corrected chi connectivity index (χ2v) is 7.44. The molecule has 0 bridgehead atoms. The SMILES string of the molecule is CCN1C=C\C(=C/C=C/C=C/C=C/c2cc[n+](CC)c3ccccc23)c2ccccc21.[I-]. The molecule has 3 heteroatoms. The van der Waals surface area contributed by atoms with E-state index >= 15 is 0 Å². The van der Waals surface area contributed by atoms with Crippen molar-refractivity contribution in [2.45, 2.75) is 20.4 Å². The summed E-state index contributed by atoms with van der Waals surface area (Å²) >= 11 is 0. The van der Waals surface area contributed by atoms with Gasteiger partial charge in [-0.15, -0.1) is 0 Å². The van der Waals surface area contributed by atoms with Gasteiger partial charge in [0.25, 0.3) is 0 Å². The van der Waals surface area contributed by atoms with Crippen molar-refractivity contribution in [2.75, 3.05) is 11.4 Å². The summed E-state index contributed by atoms with van der Waals surface area (Å²) < 4.78 is 2.27. The van der Waals surface area contributed by atoms with Crippen LogP contribution in [0.4, 0.5) is 5.69 Å². The molecule has 0 aliphatic carbocycles. The average Bonchev–Trinajstić information content (AvgIpc) is 2.83. The minimum absolute atomic E-state index is 0. The van der Waals surface area contributed by atoms with Crippen LogP contribution in [0.2, 0.25) is 0 Å². The molecule has 0 radical (unpaired) electrons. The molecular weight excluding hydrogens is 503 g/mol. The van der Waals surface area contributed by atoms with E-state index in [2.05, 4.69) is 139 Å². The molecule has 1 aliphatic rings. The Labute approximate surface area is 208 Å². The molecule has 0 atom stereocenters. The lowest BCUT2D eigenvalue weighted by atomic mass is 9.99. The molecule has 0 spiro atoms. The number of nitrogens with zero attached hydrogens (tertiary/aromatic N) is 2. The Hall–Kier alpha value is -2.92. The highest BCUT2D eigenvalue weighted by molar-refractivity contribution is 5.87. The minimum atomic E-state index is 0. The van der Waals surface area contributed by atoms with Gasteiger partial charge in [-0.05, 0) is 43.2 Å². The molecule has 1 aliphatic heterocycles. The van der Waals surface area contributed by atoms with Crippen LogP contribution in [0.1, 0.15) is 25.0 Å². The highest BCUT2D eigenvalue weighted by Crippen LogP contribution is 2.32. The number of rotatable bonds is 6.